The molecule has 1 N–H and O–H groups in total. The van der Waals surface area contributed by atoms with Gasteiger partial charge in [0.1, 0.15) is 22.7 Å². The van der Waals surface area contributed by atoms with Gasteiger partial charge in [0.2, 0.25) is 0 Å². The minimum Gasteiger partial charge on any atom is -0.488 e. The van der Waals surface area contributed by atoms with Crippen LogP contribution in [0.5, 0.6) is 11.5 Å². The predicted molar refractivity (Wildman–Crippen MR) is 167 cm³/mol. The Labute approximate surface area is 242 Å². The first-order valence-electron chi connectivity index (χ1n) is 14.3. The summed E-state index contributed by atoms with van der Waals surface area (Å²) in [5.41, 5.74) is 2.98. The van der Waals surface area contributed by atoms with E-state index in [4.69, 9.17) is 14.5 Å². The van der Waals surface area contributed by atoms with Crippen LogP contribution >= 0.6 is 11.3 Å². The zero-order chi connectivity index (χ0) is 28.8. The Morgan fingerprint density at radius 1 is 0.900 bits per heavy atom. The smallest absolute Gasteiger partial charge is 0.252 e. The van der Waals surface area contributed by atoms with Crippen LogP contribution in [0.15, 0.2) is 66.0 Å². The molecule has 2 heterocycles. The maximum absolute atomic E-state index is 13.3. The second-order valence-corrected chi connectivity index (χ2v) is 12.4. The summed E-state index contributed by atoms with van der Waals surface area (Å²) >= 11 is 1.63. The molecule has 2 aromatic carbocycles. The number of pyridine rings is 1. The summed E-state index contributed by atoms with van der Waals surface area (Å²) in [4.78, 5) is 19.1. The number of unbranched alkanes of at least 4 members (excludes halogenated alkanes) is 1. The average molecular weight is 559 g/mol. The lowest BCUT2D eigenvalue weighted by Crippen LogP contribution is -2.28. The first-order valence-corrected chi connectivity index (χ1v) is 15.2. The third-order valence-electron chi connectivity index (χ3n) is 7.41. The van der Waals surface area contributed by atoms with Gasteiger partial charge in [0.15, 0.2) is 0 Å². The normalized spacial score (nSPS) is 11.9. The number of amides is 1. The van der Waals surface area contributed by atoms with E-state index in [2.05, 4.69) is 52.9 Å². The van der Waals surface area contributed by atoms with Gasteiger partial charge in [-0.2, -0.15) is 0 Å². The molecule has 4 aromatic rings. The maximum atomic E-state index is 13.3. The van der Waals surface area contributed by atoms with Crippen LogP contribution in [0.25, 0.3) is 21.5 Å². The molecule has 0 saturated carbocycles. The number of rotatable bonds is 13. The van der Waals surface area contributed by atoms with Crippen molar-refractivity contribution in [3.05, 3.63) is 77.2 Å². The molecule has 0 unspecified atom stereocenters. The Morgan fingerprint density at radius 2 is 1.65 bits per heavy atom. The van der Waals surface area contributed by atoms with Gasteiger partial charge in [-0.25, -0.2) is 4.98 Å². The molecule has 0 spiro atoms. The van der Waals surface area contributed by atoms with Crippen molar-refractivity contribution in [3.8, 4) is 22.1 Å². The molecule has 0 aliphatic carbocycles. The van der Waals surface area contributed by atoms with Crippen molar-refractivity contribution >= 4 is 28.1 Å². The van der Waals surface area contributed by atoms with E-state index in [0.717, 1.165) is 70.6 Å². The molecular weight excluding hydrogens is 516 g/mol. The van der Waals surface area contributed by atoms with Crippen molar-refractivity contribution in [2.75, 3.05) is 6.54 Å². The van der Waals surface area contributed by atoms with Crippen molar-refractivity contribution < 1.29 is 14.3 Å². The van der Waals surface area contributed by atoms with E-state index in [-0.39, 0.29) is 17.1 Å². The first kappa shape index (κ1) is 29.6. The van der Waals surface area contributed by atoms with Gasteiger partial charge < -0.3 is 14.8 Å². The highest BCUT2D eigenvalue weighted by Gasteiger charge is 2.22. The fourth-order valence-corrected chi connectivity index (χ4v) is 5.00. The molecule has 5 nitrogen and oxygen atoms in total. The minimum absolute atomic E-state index is 0.0647. The summed E-state index contributed by atoms with van der Waals surface area (Å²) < 4.78 is 12.7. The van der Waals surface area contributed by atoms with E-state index in [1.54, 1.807) is 11.3 Å². The van der Waals surface area contributed by atoms with Crippen LogP contribution in [-0.2, 0) is 6.42 Å². The van der Waals surface area contributed by atoms with Gasteiger partial charge >= 0.3 is 0 Å². The molecule has 0 radical (unpaired) electrons. The van der Waals surface area contributed by atoms with E-state index in [1.165, 1.54) is 0 Å². The number of hydrogen-bond donors (Lipinski definition) is 1. The largest absolute Gasteiger partial charge is 0.488 e. The number of aromatic nitrogens is 1. The van der Waals surface area contributed by atoms with Gasteiger partial charge in [-0.15, -0.1) is 11.3 Å². The molecule has 0 atom stereocenters. The van der Waals surface area contributed by atoms with E-state index >= 15 is 0 Å². The number of thiophene rings is 1. The minimum atomic E-state index is -0.267. The standard InChI is InChI=1S/C34H42N2O3S/c1-7-33(3,4)38-25-19-18-24(30(22-25)39-34(5,6)8-2)14-11-12-20-35-32(37)27-23-29(31-17-13-21-40-31)36-28-16-10-9-15-26(27)28/h9-10,13,15-19,21-23H,7-8,11-12,14,20H2,1-6H3,(H,35,37). The number of benzene rings is 2. The summed E-state index contributed by atoms with van der Waals surface area (Å²) in [7, 11) is 0. The monoisotopic (exact) mass is 558 g/mol. The summed E-state index contributed by atoms with van der Waals surface area (Å²) in [6.45, 7) is 13.3. The van der Waals surface area contributed by atoms with Crippen molar-refractivity contribution in [3.63, 3.8) is 0 Å². The zero-order valence-corrected chi connectivity index (χ0v) is 25.5. The van der Waals surface area contributed by atoms with Crippen molar-refractivity contribution in [2.24, 2.45) is 0 Å². The molecule has 0 saturated heterocycles. The maximum Gasteiger partial charge on any atom is 0.252 e. The van der Waals surface area contributed by atoms with E-state index in [1.807, 2.05) is 60.0 Å². The number of para-hydroxylation sites is 1. The molecule has 212 valence electrons. The predicted octanol–water partition coefficient (Wildman–Crippen LogP) is 8.85. The molecule has 2 aromatic heterocycles. The van der Waals surface area contributed by atoms with E-state index in [9.17, 15) is 4.79 Å². The van der Waals surface area contributed by atoms with Gasteiger partial charge in [-0.3, -0.25) is 4.79 Å². The van der Waals surface area contributed by atoms with Crippen LogP contribution < -0.4 is 14.8 Å². The average Bonchev–Trinajstić information content (AvgIpc) is 3.48. The highest BCUT2D eigenvalue weighted by molar-refractivity contribution is 7.13. The van der Waals surface area contributed by atoms with Gasteiger partial charge in [0.05, 0.1) is 21.7 Å². The Hall–Kier alpha value is -3.38. The van der Waals surface area contributed by atoms with Crippen LogP contribution in [-0.4, -0.2) is 28.6 Å². The number of ether oxygens (including phenoxy) is 2. The SMILES string of the molecule is CCC(C)(C)Oc1ccc(CCCCNC(=O)c2cc(-c3cccs3)nc3ccccc23)c(OC(C)(C)CC)c1. The van der Waals surface area contributed by atoms with Crippen molar-refractivity contribution in [1.82, 2.24) is 10.3 Å². The number of aryl methyl sites for hydroxylation is 1. The number of nitrogens with one attached hydrogen (secondary N) is 1. The summed E-state index contributed by atoms with van der Waals surface area (Å²) in [5, 5.41) is 6.03. The van der Waals surface area contributed by atoms with Crippen LogP contribution in [0.2, 0.25) is 0 Å². The summed E-state index contributed by atoms with van der Waals surface area (Å²) in [6.07, 6.45) is 4.48. The lowest BCUT2D eigenvalue weighted by molar-refractivity contribution is 0.0942. The highest BCUT2D eigenvalue weighted by Crippen LogP contribution is 2.33. The van der Waals surface area contributed by atoms with Gasteiger partial charge in [0.25, 0.3) is 5.91 Å². The lowest BCUT2D eigenvalue weighted by Gasteiger charge is -2.29. The summed E-state index contributed by atoms with van der Waals surface area (Å²) in [5.74, 6) is 1.64. The third-order valence-corrected chi connectivity index (χ3v) is 8.31. The number of carbonyl (C=O) groups excluding carboxylic acids is 1. The molecule has 40 heavy (non-hydrogen) atoms. The van der Waals surface area contributed by atoms with Crippen LogP contribution in [0.3, 0.4) is 0 Å². The number of nitrogens with zero attached hydrogens (tertiary/aromatic N) is 1. The van der Waals surface area contributed by atoms with Gasteiger partial charge in [-0.1, -0.05) is 44.2 Å². The molecule has 0 fully saturated rings. The quantitative estimate of drug-likeness (QED) is 0.167. The Kier molecular flexibility index (Phi) is 9.52. The Bertz CT molecular complexity index is 1430. The fraction of sp³-hybridized carbons (Fsp3) is 0.412. The molecule has 0 aliphatic rings. The van der Waals surface area contributed by atoms with Crippen molar-refractivity contribution in [2.45, 2.75) is 84.8 Å². The second-order valence-electron chi connectivity index (χ2n) is 11.5. The van der Waals surface area contributed by atoms with Crippen LogP contribution in [0.1, 0.15) is 83.1 Å². The molecule has 0 aliphatic heterocycles. The number of hydrogen-bond acceptors (Lipinski definition) is 5. The molecule has 1 amide bonds. The van der Waals surface area contributed by atoms with E-state index in [0.29, 0.717) is 12.1 Å². The summed E-state index contributed by atoms with van der Waals surface area (Å²) in [6, 6.07) is 20.0. The Balaban J connectivity index is 1.40. The number of carbonyl (C=O) groups is 1. The molecule has 4 rings (SSSR count). The Morgan fingerprint density at radius 3 is 2.38 bits per heavy atom. The van der Waals surface area contributed by atoms with Gasteiger partial charge in [-0.05, 0) is 95.0 Å². The topological polar surface area (TPSA) is 60.5 Å². The fourth-order valence-electron chi connectivity index (χ4n) is 4.31. The lowest BCUT2D eigenvalue weighted by atomic mass is 10.0. The zero-order valence-electron chi connectivity index (χ0n) is 24.7. The first-order chi connectivity index (χ1) is 19.1. The third kappa shape index (κ3) is 7.63. The highest BCUT2D eigenvalue weighted by atomic mass is 32.1. The van der Waals surface area contributed by atoms with Gasteiger partial charge in [0, 0.05) is 18.0 Å². The number of fused-ring (bicyclic) bond motifs is 1. The van der Waals surface area contributed by atoms with Crippen LogP contribution in [0, 0.1) is 0 Å². The molecule has 6 heteroatoms. The second kappa shape index (κ2) is 12.9. The molecule has 0 bridgehead atoms. The van der Waals surface area contributed by atoms with Crippen molar-refractivity contribution in [1.29, 1.82) is 0 Å². The molecular formula is C34H42N2O3S. The van der Waals surface area contributed by atoms with Crippen LogP contribution in [0.4, 0.5) is 0 Å². The van der Waals surface area contributed by atoms with E-state index < -0.39 is 0 Å².